The molecule has 0 radical (unpaired) electrons. The van der Waals surface area contributed by atoms with Crippen LogP contribution in [0.2, 0.25) is 0 Å². The van der Waals surface area contributed by atoms with Crippen molar-refractivity contribution in [1.82, 2.24) is 4.98 Å². The Kier molecular flexibility index (Phi) is 9.20. The van der Waals surface area contributed by atoms with E-state index >= 15 is 0 Å². The third kappa shape index (κ3) is 6.25. The molecule has 0 bridgehead atoms. The number of benzene rings is 1. The first kappa shape index (κ1) is 30.6. The van der Waals surface area contributed by atoms with Crippen LogP contribution in [0.15, 0.2) is 29.4 Å². The molecule has 0 saturated heterocycles. The van der Waals surface area contributed by atoms with Crippen molar-refractivity contribution in [2.45, 2.75) is 62.7 Å². The standard InChI is InChI=1S/C29H34N2O11/c1-5-41-23-9-16-17-8-15(42-26(34)13-29(37,28(35)36)12-25(32)33)6-7-20(17)31-27(18(16)10-22(23)39-3)19-14-30-24(40-4)11-21(19)38-2/h9-11,14-15,17,20,37H,5-8,12-13H2,1-4H3,(H,32,33)(H,35,36)/t15-,17-,20-,29?/m1/s1. The Morgan fingerprint density at radius 1 is 0.952 bits per heavy atom. The topological polar surface area (TPSA) is 183 Å². The van der Waals surface area contributed by atoms with Crippen molar-refractivity contribution in [1.29, 1.82) is 0 Å². The van der Waals surface area contributed by atoms with Crippen LogP contribution in [0, 0.1) is 0 Å². The van der Waals surface area contributed by atoms with Crippen molar-refractivity contribution in [3.63, 3.8) is 0 Å². The lowest BCUT2D eigenvalue weighted by Gasteiger charge is -2.39. The minimum atomic E-state index is -2.77. The van der Waals surface area contributed by atoms with Gasteiger partial charge >= 0.3 is 17.9 Å². The number of aliphatic imine (C=N–C) groups is 1. The molecule has 2 aliphatic rings. The van der Waals surface area contributed by atoms with Gasteiger partial charge in [-0.05, 0) is 43.9 Å². The molecule has 226 valence electrons. The van der Waals surface area contributed by atoms with Gasteiger partial charge in [-0.3, -0.25) is 14.6 Å². The number of hydrogen-bond acceptors (Lipinski definition) is 11. The molecule has 1 aromatic carbocycles. The maximum Gasteiger partial charge on any atom is 0.336 e. The van der Waals surface area contributed by atoms with Crippen LogP contribution in [0.5, 0.6) is 23.1 Å². The van der Waals surface area contributed by atoms with E-state index in [-0.39, 0.29) is 12.0 Å². The van der Waals surface area contributed by atoms with Crippen LogP contribution in [0.1, 0.15) is 61.6 Å². The number of nitrogens with zero attached hydrogens (tertiary/aromatic N) is 2. The van der Waals surface area contributed by atoms with Gasteiger partial charge in [0.1, 0.15) is 11.9 Å². The van der Waals surface area contributed by atoms with E-state index in [1.165, 1.54) is 7.11 Å². The first-order chi connectivity index (χ1) is 20.0. The zero-order chi connectivity index (χ0) is 30.6. The second-order valence-corrected chi connectivity index (χ2v) is 10.1. The Bertz CT molecular complexity index is 1390. The number of carboxylic acids is 2. The molecule has 13 nitrogen and oxygen atoms in total. The molecule has 1 aliphatic carbocycles. The SMILES string of the molecule is CCOc1cc2c(cc1OC)C(c1cnc(OC)cc1OC)=N[C@@H]1CC[C@@H](OC(=O)CC(O)(CC(=O)O)C(=O)O)C[C@H]21. The first-order valence-electron chi connectivity index (χ1n) is 13.4. The number of carbonyl (C=O) groups excluding carboxylic acids is 1. The number of hydrogen-bond donors (Lipinski definition) is 3. The summed E-state index contributed by atoms with van der Waals surface area (Å²) in [6.07, 6.45) is 0.221. The molecule has 2 heterocycles. The summed E-state index contributed by atoms with van der Waals surface area (Å²) in [4.78, 5) is 44.7. The van der Waals surface area contributed by atoms with Crippen LogP contribution in [0.4, 0.5) is 0 Å². The highest BCUT2D eigenvalue weighted by molar-refractivity contribution is 6.16. The predicted octanol–water partition coefficient (Wildman–Crippen LogP) is 2.59. The summed E-state index contributed by atoms with van der Waals surface area (Å²) in [5, 5.41) is 28.6. The highest BCUT2D eigenvalue weighted by Gasteiger charge is 2.43. The predicted molar refractivity (Wildman–Crippen MR) is 147 cm³/mol. The quantitative estimate of drug-likeness (QED) is 0.310. The molecule has 3 N–H and O–H groups in total. The summed E-state index contributed by atoms with van der Waals surface area (Å²) in [6, 6.07) is 5.22. The minimum absolute atomic E-state index is 0.194. The van der Waals surface area contributed by atoms with Crippen molar-refractivity contribution in [3.8, 4) is 23.1 Å². The van der Waals surface area contributed by atoms with E-state index in [4.69, 9.17) is 33.8 Å². The lowest BCUT2D eigenvalue weighted by molar-refractivity contribution is -0.174. The van der Waals surface area contributed by atoms with Crippen LogP contribution in [0.25, 0.3) is 0 Å². The second kappa shape index (κ2) is 12.6. The molecule has 1 saturated carbocycles. The van der Waals surface area contributed by atoms with E-state index in [1.54, 1.807) is 26.5 Å². The lowest BCUT2D eigenvalue weighted by atomic mass is 9.74. The van der Waals surface area contributed by atoms with E-state index in [2.05, 4.69) is 4.98 Å². The Labute approximate surface area is 242 Å². The molecule has 2 aromatic rings. The van der Waals surface area contributed by atoms with Gasteiger partial charge in [-0.1, -0.05) is 0 Å². The van der Waals surface area contributed by atoms with Crippen LogP contribution < -0.4 is 18.9 Å². The smallest absolute Gasteiger partial charge is 0.336 e. The van der Waals surface area contributed by atoms with Crippen molar-refractivity contribution in [3.05, 3.63) is 41.1 Å². The average molecular weight is 587 g/mol. The molecule has 1 fully saturated rings. The number of rotatable bonds is 12. The fourth-order valence-electron chi connectivity index (χ4n) is 5.48. The minimum Gasteiger partial charge on any atom is -0.496 e. The molecule has 1 unspecified atom stereocenters. The summed E-state index contributed by atoms with van der Waals surface area (Å²) < 4.78 is 27.9. The van der Waals surface area contributed by atoms with Crippen molar-refractivity contribution in [2.24, 2.45) is 4.99 Å². The van der Waals surface area contributed by atoms with Crippen LogP contribution in [0.3, 0.4) is 0 Å². The Balaban J connectivity index is 1.68. The molecule has 1 aromatic heterocycles. The third-order valence-electron chi connectivity index (χ3n) is 7.45. The van der Waals surface area contributed by atoms with Gasteiger partial charge in [0, 0.05) is 23.7 Å². The molecule has 4 rings (SSSR count). The van der Waals surface area contributed by atoms with Gasteiger partial charge in [-0.15, -0.1) is 0 Å². The maximum atomic E-state index is 12.7. The number of carboxylic acid groups (broad SMARTS) is 2. The number of aliphatic hydroxyl groups is 1. The number of esters is 1. The molecule has 0 spiro atoms. The third-order valence-corrected chi connectivity index (χ3v) is 7.45. The largest absolute Gasteiger partial charge is 0.496 e. The Hall–Kier alpha value is -4.39. The molecule has 0 amide bonds. The van der Waals surface area contributed by atoms with Gasteiger partial charge in [-0.25, -0.2) is 9.78 Å². The zero-order valence-corrected chi connectivity index (χ0v) is 23.8. The van der Waals surface area contributed by atoms with E-state index in [0.717, 1.165) is 11.1 Å². The van der Waals surface area contributed by atoms with Gasteiger partial charge < -0.3 is 39.0 Å². The summed E-state index contributed by atoms with van der Waals surface area (Å²) in [5.74, 6) is -2.61. The van der Waals surface area contributed by atoms with Crippen LogP contribution in [-0.2, 0) is 19.1 Å². The average Bonchev–Trinajstić information content (AvgIpc) is 2.95. The first-order valence-corrected chi connectivity index (χ1v) is 13.4. The van der Waals surface area contributed by atoms with E-state index < -0.39 is 42.5 Å². The van der Waals surface area contributed by atoms with Crippen molar-refractivity contribution in [2.75, 3.05) is 27.9 Å². The van der Waals surface area contributed by atoms with Gasteiger partial charge in [0.25, 0.3) is 0 Å². The fraction of sp³-hybridized carbons (Fsp3) is 0.483. The van der Waals surface area contributed by atoms with E-state index in [1.807, 2.05) is 19.1 Å². The molecule has 13 heteroatoms. The normalized spacial score (nSPS) is 20.6. The van der Waals surface area contributed by atoms with Gasteiger partial charge in [0.15, 0.2) is 17.1 Å². The summed E-state index contributed by atoms with van der Waals surface area (Å²) >= 11 is 0. The maximum absolute atomic E-state index is 12.7. The number of pyridine rings is 1. The van der Waals surface area contributed by atoms with Crippen molar-refractivity contribution >= 4 is 23.6 Å². The lowest BCUT2D eigenvalue weighted by Crippen LogP contribution is -2.44. The van der Waals surface area contributed by atoms with Gasteiger partial charge in [-0.2, -0.15) is 0 Å². The molecular weight excluding hydrogens is 552 g/mol. The number of aromatic nitrogens is 1. The monoisotopic (exact) mass is 586 g/mol. The highest BCUT2D eigenvalue weighted by atomic mass is 16.5. The summed E-state index contributed by atoms with van der Waals surface area (Å²) in [5.41, 5.74) is 0.182. The Morgan fingerprint density at radius 3 is 2.31 bits per heavy atom. The van der Waals surface area contributed by atoms with Crippen molar-refractivity contribution < 1.29 is 53.4 Å². The van der Waals surface area contributed by atoms with Gasteiger partial charge in [0.2, 0.25) is 5.88 Å². The number of carbonyl (C=O) groups is 3. The Morgan fingerprint density at radius 2 is 1.69 bits per heavy atom. The molecule has 4 atom stereocenters. The summed E-state index contributed by atoms with van der Waals surface area (Å²) in [7, 11) is 4.60. The van der Waals surface area contributed by atoms with E-state index in [0.29, 0.717) is 60.3 Å². The molecule has 1 aliphatic heterocycles. The van der Waals surface area contributed by atoms with Crippen LogP contribution in [-0.4, -0.2) is 89.6 Å². The van der Waals surface area contributed by atoms with E-state index in [9.17, 15) is 24.6 Å². The number of methoxy groups -OCH3 is 3. The number of ether oxygens (including phenoxy) is 5. The molecule has 42 heavy (non-hydrogen) atoms. The fourth-order valence-corrected chi connectivity index (χ4v) is 5.48. The second-order valence-electron chi connectivity index (χ2n) is 10.1. The zero-order valence-electron chi connectivity index (χ0n) is 23.8. The highest BCUT2D eigenvalue weighted by Crippen LogP contribution is 2.46. The number of aliphatic carboxylic acids is 2. The summed E-state index contributed by atoms with van der Waals surface area (Å²) in [6.45, 7) is 2.27. The van der Waals surface area contributed by atoms with Crippen LogP contribution >= 0.6 is 0 Å². The number of fused-ring (bicyclic) bond motifs is 3. The molecular formula is C29H34N2O11. The van der Waals surface area contributed by atoms with Gasteiger partial charge in [0.05, 0.1) is 58.1 Å².